The monoisotopic (exact) mass is 384 g/mol. The van der Waals surface area contributed by atoms with Gasteiger partial charge in [0.1, 0.15) is 11.4 Å². The summed E-state index contributed by atoms with van der Waals surface area (Å²) >= 11 is 1.26. The van der Waals surface area contributed by atoms with Gasteiger partial charge in [-0.25, -0.2) is 4.39 Å². The van der Waals surface area contributed by atoms with E-state index in [0.717, 1.165) is 10.1 Å². The van der Waals surface area contributed by atoms with E-state index in [9.17, 15) is 9.18 Å². The van der Waals surface area contributed by atoms with Crippen molar-refractivity contribution in [1.82, 2.24) is 4.57 Å². The van der Waals surface area contributed by atoms with Crippen LogP contribution in [0, 0.1) is 5.82 Å². The molecule has 0 bridgehead atoms. The number of hydrogen-bond donors (Lipinski definition) is 0. The number of fused-ring (bicyclic) bond motifs is 2. The maximum atomic E-state index is 14.4. The van der Waals surface area contributed by atoms with Crippen molar-refractivity contribution in [2.45, 2.75) is 13.5 Å². The van der Waals surface area contributed by atoms with E-state index < -0.39 is 5.91 Å². The zero-order valence-corrected chi connectivity index (χ0v) is 15.5. The molecule has 5 nitrogen and oxygen atoms in total. The molecule has 0 spiro atoms. The van der Waals surface area contributed by atoms with Crippen LogP contribution in [0.1, 0.15) is 17.5 Å². The number of hydrogen-bond acceptors (Lipinski definition) is 4. The van der Waals surface area contributed by atoms with Crippen LogP contribution in [0.15, 0.2) is 57.9 Å². The second-order valence-electron chi connectivity index (χ2n) is 5.89. The summed E-state index contributed by atoms with van der Waals surface area (Å²) in [5.41, 5.74) is 1.06. The lowest BCUT2D eigenvalue weighted by atomic mass is 10.2. The molecule has 138 valence electrons. The van der Waals surface area contributed by atoms with Gasteiger partial charge in [0.2, 0.25) is 0 Å². The number of benzene rings is 2. The largest absolute Gasteiger partial charge is 0.451 e. The lowest BCUT2D eigenvalue weighted by Gasteiger charge is -2.05. The fourth-order valence-electron chi connectivity index (χ4n) is 2.91. The minimum Gasteiger partial charge on any atom is -0.451 e. The van der Waals surface area contributed by atoms with Gasteiger partial charge in [0.15, 0.2) is 10.6 Å². The van der Waals surface area contributed by atoms with Gasteiger partial charge >= 0.3 is 5.91 Å². The summed E-state index contributed by atoms with van der Waals surface area (Å²) < 4.78 is 27.8. The maximum Gasteiger partial charge on any atom is 0.315 e. The molecule has 2 heterocycles. The van der Waals surface area contributed by atoms with Crippen LogP contribution in [0.3, 0.4) is 0 Å². The number of thiazole rings is 1. The summed E-state index contributed by atoms with van der Waals surface area (Å²) in [5.74, 6) is -0.688. The van der Waals surface area contributed by atoms with Crippen molar-refractivity contribution < 1.29 is 18.3 Å². The van der Waals surface area contributed by atoms with Crippen LogP contribution in [0.2, 0.25) is 0 Å². The molecule has 4 rings (SSSR count). The number of halogens is 1. The first-order valence-electron chi connectivity index (χ1n) is 8.60. The summed E-state index contributed by atoms with van der Waals surface area (Å²) in [6.45, 7) is 3.27. The van der Waals surface area contributed by atoms with Crippen LogP contribution >= 0.6 is 11.3 Å². The first kappa shape index (κ1) is 17.6. The molecular formula is C20H17FN2O3S. The molecular weight excluding hydrogens is 367 g/mol. The number of carbonyl (C=O) groups excluding carboxylic acids is 1. The van der Waals surface area contributed by atoms with Crippen molar-refractivity contribution in [2.24, 2.45) is 4.99 Å². The van der Waals surface area contributed by atoms with E-state index in [0.29, 0.717) is 35.7 Å². The first-order chi connectivity index (χ1) is 13.2. The summed E-state index contributed by atoms with van der Waals surface area (Å²) in [6.07, 6.45) is 0. The molecule has 1 amide bonds. The lowest BCUT2D eigenvalue weighted by molar-refractivity contribution is 0.0972. The molecule has 0 N–H and O–H groups in total. The van der Waals surface area contributed by atoms with Gasteiger partial charge in [-0.1, -0.05) is 35.6 Å². The normalized spacial score (nSPS) is 12.3. The van der Waals surface area contributed by atoms with Gasteiger partial charge < -0.3 is 13.7 Å². The zero-order chi connectivity index (χ0) is 18.8. The standard InChI is InChI=1S/C20H17FN2O3S/c1-2-25-11-10-23-18-14(21)7-5-9-17(18)27-20(23)22-19(24)16-12-13-6-3-4-8-15(13)26-16/h3-9,12H,2,10-11H2,1H3. The van der Waals surface area contributed by atoms with Crippen LogP contribution < -0.4 is 4.80 Å². The predicted molar refractivity (Wildman–Crippen MR) is 102 cm³/mol. The van der Waals surface area contributed by atoms with Crippen LogP contribution in [0.4, 0.5) is 4.39 Å². The number of carbonyl (C=O) groups is 1. The topological polar surface area (TPSA) is 56.7 Å². The highest BCUT2D eigenvalue weighted by Gasteiger charge is 2.15. The Labute approximate surface area is 158 Å². The van der Waals surface area contributed by atoms with Gasteiger partial charge in [-0.05, 0) is 31.2 Å². The minimum atomic E-state index is -0.497. The highest BCUT2D eigenvalue weighted by molar-refractivity contribution is 7.16. The molecule has 0 saturated heterocycles. The molecule has 7 heteroatoms. The molecule has 0 unspecified atom stereocenters. The van der Waals surface area contributed by atoms with E-state index in [1.165, 1.54) is 17.4 Å². The highest BCUT2D eigenvalue weighted by atomic mass is 32.1. The first-order valence-corrected chi connectivity index (χ1v) is 9.42. The van der Waals surface area contributed by atoms with Crippen molar-refractivity contribution in [3.05, 3.63) is 64.9 Å². The third-order valence-corrected chi connectivity index (χ3v) is 5.19. The van der Waals surface area contributed by atoms with Crippen molar-refractivity contribution in [2.75, 3.05) is 13.2 Å². The summed E-state index contributed by atoms with van der Waals surface area (Å²) in [6, 6.07) is 13.9. The lowest BCUT2D eigenvalue weighted by Crippen LogP contribution is -2.20. The molecule has 0 fully saturated rings. The van der Waals surface area contributed by atoms with Crippen LogP contribution in [0.25, 0.3) is 21.2 Å². The molecule has 0 aliphatic heterocycles. The maximum absolute atomic E-state index is 14.4. The molecule has 0 radical (unpaired) electrons. The average molecular weight is 384 g/mol. The second-order valence-corrected chi connectivity index (χ2v) is 6.89. The molecule has 0 aliphatic rings. The van der Waals surface area contributed by atoms with Gasteiger partial charge in [0, 0.05) is 18.5 Å². The minimum absolute atomic E-state index is 0.158. The second kappa shape index (κ2) is 7.46. The third-order valence-electron chi connectivity index (χ3n) is 4.15. The summed E-state index contributed by atoms with van der Waals surface area (Å²) in [7, 11) is 0. The Hall–Kier alpha value is -2.77. The number of ether oxygens (including phenoxy) is 1. The Morgan fingerprint density at radius 1 is 1.26 bits per heavy atom. The molecule has 2 aromatic carbocycles. The molecule has 4 aromatic rings. The van der Waals surface area contributed by atoms with Gasteiger partial charge in [-0.2, -0.15) is 4.99 Å². The average Bonchev–Trinajstić information content (AvgIpc) is 3.24. The Morgan fingerprint density at radius 3 is 2.93 bits per heavy atom. The number of amides is 1. The van der Waals surface area contributed by atoms with E-state index in [2.05, 4.69) is 4.99 Å². The summed E-state index contributed by atoms with van der Waals surface area (Å²) in [5, 5.41) is 0.836. The van der Waals surface area contributed by atoms with E-state index >= 15 is 0 Å². The molecule has 27 heavy (non-hydrogen) atoms. The van der Waals surface area contributed by atoms with E-state index in [1.807, 2.05) is 31.2 Å². The zero-order valence-electron chi connectivity index (χ0n) is 14.6. The molecule has 2 aromatic heterocycles. The molecule has 0 saturated carbocycles. The molecule has 0 atom stereocenters. The van der Waals surface area contributed by atoms with Crippen molar-refractivity contribution in [3.8, 4) is 0 Å². The fraction of sp³-hybridized carbons (Fsp3) is 0.200. The Morgan fingerprint density at radius 2 is 2.11 bits per heavy atom. The predicted octanol–water partition coefficient (Wildman–Crippen LogP) is 4.37. The fourth-order valence-corrected chi connectivity index (χ4v) is 3.98. The van der Waals surface area contributed by atoms with Crippen LogP contribution in [0.5, 0.6) is 0 Å². The molecule has 0 aliphatic carbocycles. The van der Waals surface area contributed by atoms with E-state index in [-0.39, 0.29) is 11.6 Å². The SMILES string of the molecule is CCOCCn1c(=NC(=O)c2cc3ccccc3o2)sc2cccc(F)c21. The van der Waals surface area contributed by atoms with Gasteiger partial charge in [-0.3, -0.25) is 4.79 Å². The summed E-state index contributed by atoms with van der Waals surface area (Å²) in [4.78, 5) is 17.3. The van der Waals surface area contributed by atoms with Crippen molar-refractivity contribution in [1.29, 1.82) is 0 Å². The highest BCUT2D eigenvalue weighted by Crippen LogP contribution is 2.22. The van der Waals surface area contributed by atoms with Gasteiger partial charge in [-0.15, -0.1) is 0 Å². The number of para-hydroxylation sites is 2. The number of aromatic nitrogens is 1. The number of nitrogens with zero attached hydrogens (tertiary/aromatic N) is 2. The quantitative estimate of drug-likeness (QED) is 0.480. The Kier molecular flexibility index (Phi) is 4.87. The van der Waals surface area contributed by atoms with E-state index in [1.54, 1.807) is 22.8 Å². The van der Waals surface area contributed by atoms with E-state index in [4.69, 9.17) is 9.15 Å². The Balaban J connectivity index is 1.80. The Bertz CT molecular complexity index is 1160. The van der Waals surface area contributed by atoms with Crippen molar-refractivity contribution in [3.63, 3.8) is 0 Å². The van der Waals surface area contributed by atoms with Gasteiger partial charge in [0.25, 0.3) is 0 Å². The third kappa shape index (κ3) is 3.43. The number of rotatable bonds is 5. The van der Waals surface area contributed by atoms with Crippen LogP contribution in [-0.2, 0) is 11.3 Å². The number of furan rings is 1. The van der Waals surface area contributed by atoms with Gasteiger partial charge in [0.05, 0.1) is 16.8 Å². The van der Waals surface area contributed by atoms with Crippen molar-refractivity contribution >= 4 is 38.4 Å². The smallest absolute Gasteiger partial charge is 0.315 e. The van der Waals surface area contributed by atoms with Crippen LogP contribution in [-0.4, -0.2) is 23.7 Å².